The Hall–Kier alpha value is -1.40. The van der Waals surface area contributed by atoms with E-state index in [0.717, 1.165) is 0 Å². The van der Waals surface area contributed by atoms with Crippen molar-refractivity contribution < 1.29 is 5.11 Å². The summed E-state index contributed by atoms with van der Waals surface area (Å²) in [4.78, 5) is 3.95. The number of nitrogens with zero attached hydrogens (tertiary/aromatic N) is 2. The molecule has 0 aliphatic heterocycles. The van der Waals surface area contributed by atoms with Crippen molar-refractivity contribution in [2.45, 2.75) is 13.0 Å². The third-order valence-corrected chi connectivity index (χ3v) is 1.67. The molecular formula is C9H10N2O. The molecule has 0 amide bonds. The lowest BCUT2D eigenvalue weighted by Gasteiger charge is -2.10. The quantitative estimate of drug-likeness (QED) is 0.712. The highest BCUT2D eigenvalue weighted by Crippen LogP contribution is 2.17. The van der Waals surface area contributed by atoms with Crippen LogP contribution in [0.3, 0.4) is 0 Å². The van der Waals surface area contributed by atoms with Crippen LogP contribution in [-0.4, -0.2) is 10.1 Å². The molecule has 1 N–H and O–H groups in total. The number of hydrogen-bond acceptors (Lipinski definition) is 3. The molecule has 3 nitrogen and oxygen atoms in total. The van der Waals surface area contributed by atoms with Gasteiger partial charge in [0, 0.05) is 6.20 Å². The summed E-state index contributed by atoms with van der Waals surface area (Å²) in [6.45, 7) is 1.67. The summed E-state index contributed by atoms with van der Waals surface area (Å²) in [6, 6.07) is 7.24. The van der Waals surface area contributed by atoms with Crippen LogP contribution in [-0.2, 0) is 0 Å². The molecule has 1 rings (SSSR count). The van der Waals surface area contributed by atoms with Gasteiger partial charge in [0.05, 0.1) is 17.7 Å². The van der Waals surface area contributed by atoms with Gasteiger partial charge in [0.2, 0.25) is 0 Å². The van der Waals surface area contributed by atoms with Crippen LogP contribution in [0.15, 0.2) is 24.4 Å². The zero-order valence-electron chi connectivity index (χ0n) is 6.81. The molecule has 62 valence electrons. The highest BCUT2D eigenvalue weighted by atomic mass is 16.3. The molecule has 0 aliphatic carbocycles. The van der Waals surface area contributed by atoms with Gasteiger partial charge in [-0.05, 0) is 19.1 Å². The van der Waals surface area contributed by atoms with Gasteiger partial charge in [-0.3, -0.25) is 4.98 Å². The molecule has 12 heavy (non-hydrogen) atoms. The van der Waals surface area contributed by atoms with Gasteiger partial charge in [-0.2, -0.15) is 5.26 Å². The summed E-state index contributed by atoms with van der Waals surface area (Å²) < 4.78 is 0. The fraction of sp³-hybridized carbons (Fsp3) is 0.333. The lowest BCUT2D eigenvalue weighted by atomic mass is 10.0. The van der Waals surface area contributed by atoms with Gasteiger partial charge in [-0.1, -0.05) is 6.07 Å². The molecule has 2 unspecified atom stereocenters. The number of hydrogen-bond donors (Lipinski definition) is 1. The van der Waals surface area contributed by atoms with Crippen molar-refractivity contribution in [3.8, 4) is 6.07 Å². The van der Waals surface area contributed by atoms with Crippen LogP contribution in [0.1, 0.15) is 18.7 Å². The number of aliphatic hydroxyl groups excluding tert-OH is 1. The molecule has 1 aromatic heterocycles. The number of pyridine rings is 1. The smallest absolute Gasteiger partial charge is 0.111 e. The van der Waals surface area contributed by atoms with Crippen LogP contribution < -0.4 is 0 Å². The van der Waals surface area contributed by atoms with Crippen molar-refractivity contribution >= 4 is 0 Å². The number of aromatic nitrogens is 1. The predicted octanol–water partition coefficient (Wildman–Crippen LogP) is 1.27. The average Bonchev–Trinajstić information content (AvgIpc) is 2.17. The van der Waals surface area contributed by atoms with Gasteiger partial charge in [-0.25, -0.2) is 0 Å². The first-order valence-electron chi connectivity index (χ1n) is 3.74. The summed E-state index contributed by atoms with van der Waals surface area (Å²) in [6.07, 6.45) is 0.819. The second kappa shape index (κ2) is 3.84. The van der Waals surface area contributed by atoms with E-state index in [1.54, 1.807) is 31.3 Å². The maximum absolute atomic E-state index is 9.50. The molecule has 1 heterocycles. The van der Waals surface area contributed by atoms with Gasteiger partial charge >= 0.3 is 0 Å². The molecule has 1 aromatic rings. The lowest BCUT2D eigenvalue weighted by Crippen LogP contribution is -2.08. The minimum Gasteiger partial charge on any atom is -0.385 e. The van der Waals surface area contributed by atoms with Gasteiger partial charge in [0.25, 0.3) is 0 Å². The standard InChI is InChI=1S/C9H10N2O/c1-7(6-10)9(12)8-4-2-3-5-11-8/h2-5,7,9,12H,1H3. The molecule has 0 bridgehead atoms. The summed E-state index contributed by atoms with van der Waals surface area (Å²) in [5, 5.41) is 18.0. The van der Waals surface area contributed by atoms with Crippen molar-refractivity contribution in [3.63, 3.8) is 0 Å². The molecule has 0 saturated carbocycles. The largest absolute Gasteiger partial charge is 0.385 e. The van der Waals surface area contributed by atoms with E-state index in [9.17, 15) is 5.11 Å². The number of aliphatic hydroxyl groups is 1. The van der Waals surface area contributed by atoms with E-state index in [2.05, 4.69) is 4.98 Å². The third kappa shape index (κ3) is 1.80. The van der Waals surface area contributed by atoms with Crippen molar-refractivity contribution in [2.75, 3.05) is 0 Å². The van der Waals surface area contributed by atoms with Gasteiger partial charge in [0.15, 0.2) is 0 Å². The van der Waals surface area contributed by atoms with Crippen molar-refractivity contribution in [1.82, 2.24) is 4.98 Å². The van der Waals surface area contributed by atoms with E-state index in [0.29, 0.717) is 5.69 Å². The second-order valence-electron chi connectivity index (χ2n) is 2.62. The first-order valence-corrected chi connectivity index (χ1v) is 3.74. The summed E-state index contributed by atoms with van der Waals surface area (Å²) in [5.41, 5.74) is 0.548. The molecule has 0 radical (unpaired) electrons. The maximum atomic E-state index is 9.50. The average molecular weight is 162 g/mol. The lowest BCUT2D eigenvalue weighted by molar-refractivity contribution is 0.138. The molecule has 2 atom stereocenters. The highest BCUT2D eigenvalue weighted by molar-refractivity contribution is 5.09. The van der Waals surface area contributed by atoms with Crippen molar-refractivity contribution in [1.29, 1.82) is 5.26 Å². The Morgan fingerprint density at radius 3 is 2.83 bits per heavy atom. The minimum atomic E-state index is -0.781. The van der Waals surface area contributed by atoms with E-state index >= 15 is 0 Å². The van der Waals surface area contributed by atoms with Crippen molar-refractivity contribution in [2.24, 2.45) is 5.92 Å². The van der Waals surface area contributed by atoms with Gasteiger partial charge in [-0.15, -0.1) is 0 Å². The Morgan fingerprint density at radius 1 is 1.58 bits per heavy atom. The zero-order chi connectivity index (χ0) is 8.97. The van der Waals surface area contributed by atoms with Crippen LogP contribution in [0.5, 0.6) is 0 Å². The van der Waals surface area contributed by atoms with Crippen LogP contribution in [0.4, 0.5) is 0 Å². The Morgan fingerprint density at radius 2 is 2.33 bits per heavy atom. The Bertz CT molecular complexity index is 278. The number of nitriles is 1. The molecule has 0 aromatic carbocycles. The van der Waals surface area contributed by atoms with E-state index in [1.165, 1.54) is 0 Å². The SMILES string of the molecule is CC(C#N)C(O)c1ccccn1. The first kappa shape index (κ1) is 8.69. The second-order valence-corrected chi connectivity index (χ2v) is 2.62. The zero-order valence-corrected chi connectivity index (χ0v) is 6.81. The van der Waals surface area contributed by atoms with E-state index in [-0.39, 0.29) is 0 Å². The van der Waals surface area contributed by atoms with Crippen LogP contribution in [0.2, 0.25) is 0 Å². The Labute approximate surface area is 71.3 Å². The molecular weight excluding hydrogens is 152 g/mol. The van der Waals surface area contributed by atoms with Crippen LogP contribution in [0.25, 0.3) is 0 Å². The van der Waals surface area contributed by atoms with Crippen molar-refractivity contribution in [3.05, 3.63) is 30.1 Å². The van der Waals surface area contributed by atoms with E-state index in [4.69, 9.17) is 5.26 Å². The first-order chi connectivity index (χ1) is 5.75. The highest BCUT2D eigenvalue weighted by Gasteiger charge is 2.15. The molecule has 3 heteroatoms. The van der Waals surface area contributed by atoms with Gasteiger partial charge in [0.1, 0.15) is 6.10 Å². The van der Waals surface area contributed by atoms with Crippen LogP contribution >= 0.6 is 0 Å². The maximum Gasteiger partial charge on any atom is 0.111 e. The monoisotopic (exact) mass is 162 g/mol. The third-order valence-electron chi connectivity index (χ3n) is 1.67. The normalized spacial score (nSPS) is 14.8. The van der Waals surface area contributed by atoms with E-state index < -0.39 is 12.0 Å². The molecule has 0 spiro atoms. The topological polar surface area (TPSA) is 56.9 Å². The number of rotatable bonds is 2. The summed E-state index contributed by atoms with van der Waals surface area (Å²) in [5.74, 6) is -0.417. The summed E-state index contributed by atoms with van der Waals surface area (Å²) >= 11 is 0. The Kier molecular flexibility index (Phi) is 2.78. The molecule has 0 saturated heterocycles. The van der Waals surface area contributed by atoms with Crippen LogP contribution in [0, 0.1) is 17.2 Å². The fourth-order valence-corrected chi connectivity index (χ4v) is 0.878. The fourth-order valence-electron chi connectivity index (χ4n) is 0.878. The summed E-state index contributed by atoms with van der Waals surface area (Å²) in [7, 11) is 0. The molecule has 0 aliphatic rings. The minimum absolute atomic E-state index is 0.417. The molecule has 0 fully saturated rings. The predicted molar refractivity (Wildman–Crippen MR) is 44.0 cm³/mol. The van der Waals surface area contributed by atoms with Gasteiger partial charge < -0.3 is 5.11 Å². The Balaban J connectivity index is 2.80. The van der Waals surface area contributed by atoms with E-state index in [1.807, 2.05) is 6.07 Å².